The van der Waals surface area contributed by atoms with Crippen molar-refractivity contribution in [3.63, 3.8) is 0 Å². The Labute approximate surface area is 128 Å². The highest BCUT2D eigenvalue weighted by Gasteiger charge is 2.06. The van der Waals surface area contributed by atoms with E-state index in [1.54, 1.807) is 0 Å². The van der Waals surface area contributed by atoms with Crippen molar-refractivity contribution in [1.29, 1.82) is 0 Å². The first-order valence-electron chi connectivity index (χ1n) is 6.81. The van der Waals surface area contributed by atoms with Gasteiger partial charge in [0.25, 0.3) is 0 Å². The van der Waals surface area contributed by atoms with Crippen molar-refractivity contribution in [2.75, 3.05) is 13.2 Å². The third-order valence-corrected chi connectivity index (χ3v) is 2.95. The largest absolute Gasteiger partial charge is 0.482 e. The van der Waals surface area contributed by atoms with Gasteiger partial charge in [-0.25, -0.2) is 9.59 Å². The van der Waals surface area contributed by atoms with Gasteiger partial charge >= 0.3 is 11.9 Å². The lowest BCUT2D eigenvalue weighted by Gasteiger charge is -2.07. The number of carbonyl (C=O) groups is 2. The molecule has 0 unspecified atom stereocenters. The van der Waals surface area contributed by atoms with Crippen LogP contribution in [-0.4, -0.2) is 30.3 Å². The third kappa shape index (κ3) is 4.94. The quantitative estimate of drug-likeness (QED) is 0.796. The van der Waals surface area contributed by atoms with E-state index in [1.807, 2.05) is 30.3 Å². The average Bonchev–Trinajstić information content (AvgIpc) is 2.54. The molecule has 2 aromatic carbocycles. The Balaban J connectivity index is 1.70. The fourth-order valence-electron chi connectivity index (χ4n) is 1.81. The van der Waals surface area contributed by atoms with E-state index in [1.165, 1.54) is 24.3 Å². The summed E-state index contributed by atoms with van der Waals surface area (Å²) in [6, 6.07) is 15.6. The molecule has 0 saturated heterocycles. The summed E-state index contributed by atoms with van der Waals surface area (Å²) in [5, 5.41) is 8.77. The van der Waals surface area contributed by atoms with Crippen molar-refractivity contribution in [1.82, 2.24) is 0 Å². The van der Waals surface area contributed by atoms with Crippen molar-refractivity contribution in [3.05, 3.63) is 65.7 Å². The second-order valence-corrected chi connectivity index (χ2v) is 4.57. The highest BCUT2D eigenvalue weighted by Crippen LogP contribution is 2.12. The zero-order valence-corrected chi connectivity index (χ0v) is 11.9. The lowest BCUT2D eigenvalue weighted by molar-refractivity contribution is -0.145. The Kier molecular flexibility index (Phi) is 5.54. The van der Waals surface area contributed by atoms with Gasteiger partial charge in [-0.15, -0.1) is 0 Å². The molecule has 5 nitrogen and oxygen atoms in total. The van der Waals surface area contributed by atoms with Crippen molar-refractivity contribution in [2.45, 2.75) is 6.42 Å². The Morgan fingerprint density at radius 2 is 1.64 bits per heavy atom. The Bertz CT molecular complexity index is 619. The number of rotatable bonds is 7. The molecule has 0 fully saturated rings. The highest BCUT2D eigenvalue weighted by molar-refractivity contribution is 5.87. The minimum Gasteiger partial charge on any atom is -0.482 e. The van der Waals surface area contributed by atoms with Crippen molar-refractivity contribution in [2.24, 2.45) is 0 Å². The topological polar surface area (TPSA) is 72.8 Å². The SMILES string of the molecule is O=C(COc1ccc(C(=O)O)cc1)OCCc1ccccc1. The molecule has 114 valence electrons. The summed E-state index contributed by atoms with van der Waals surface area (Å²) in [6.07, 6.45) is 0.653. The molecule has 0 bridgehead atoms. The van der Waals surface area contributed by atoms with E-state index >= 15 is 0 Å². The summed E-state index contributed by atoms with van der Waals surface area (Å²) in [6.45, 7) is 0.0887. The van der Waals surface area contributed by atoms with Crippen LogP contribution in [0.5, 0.6) is 5.75 Å². The number of carboxylic acid groups (broad SMARTS) is 1. The van der Waals surface area contributed by atoms with Gasteiger partial charge in [-0.05, 0) is 29.8 Å². The van der Waals surface area contributed by atoms with Crippen LogP contribution in [0.2, 0.25) is 0 Å². The molecule has 0 atom stereocenters. The Morgan fingerprint density at radius 1 is 0.955 bits per heavy atom. The summed E-state index contributed by atoms with van der Waals surface area (Å²) >= 11 is 0. The number of esters is 1. The maximum atomic E-state index is 11.5. The van der Waals surface area contributed by atoms with Crippen molar-refractivity contribution < 1.29 is 24.2 Å². The molecule has 0 heterocycles. The lowest BCUT2D eigenvalue weighted by Crippen LogP contribution is -2.16. The standard InChI is InChI=1S/C17H16O5/c18-16(21-11-10-13-4-2-1-3-5-13)12-22-15-8-6-14(7-9-15)17(19)20/h1-9H,10-12H2,(H,19,20). The number of aromatic carboxylic acids is 1. The van der Waals surface area contributed by atoms with Gasteiger partial charge in [0.05, 0.1) is 12.2 Å². The van der Waals surface area contributed by atoms with E-state index in [0.717, 1.165) is 5.56 Å². The number of benzene rings is 2. The third-order valence-electron chi connectivity index (χ3n) is 2.95. The Morgan fingerprint density at radius 3 is 2.27 bits per heavy atom. The van der Waals surface area contributed by atoms with Crippen LogP contribution >= 0.6 is 0 Å². The maximum Gasteiger partial charge on any atom is 0.344 e. The van der Waals surface area contributed by atoms with Crippen LogP contribution in [0, 0.1) is 0 Å². The molecular formula is C17H16O5. The molecule has 0 radical (unpaired) electrons. The number of carbonyl (C=O) groups excluding carboxylic acids is 1. The summed E-state index contributed by atoms with van der Waals surface area (Å²) < 4.78 is 10.3. The summed E-state index contributed by atoms with van der Waals surface area (Å²) in [5.41, 5.74) is 1.26. The maximum absolute atomic E-state index is 11.5. The molecule has 2 rings (SSSR count). The predicted octanol–water partition coefficient (Wildman–Crippen LogP) is 2.55. The van der Waals surface area contributed by atoms with E-state index in [4.69, 9.17) is 14.6 Å². The van der Waals surface area contributed by atoms with Gasteiger partial charge in [0.2, 0.25) is 0 Å². The van der Waals surface area contributed by atoms with Gasteiger partial charge in [0.1, 0.15) is 5.75 Å². The number of hydrogen-bond acceptors (Lipinski definition) is 4. The van der Waals surface area contributed by atoms with Crippen LogP contribution in [0.3, 0.4) is 0 Å². The zero-order chi connectivity index (χ0) is 15.8. The van der Waals surface area contributed by atoms with Crippen LogP contribution < -0.4 is 4.74 Å². The zero-order valence-electron chi connectivity index (χ0n) is 11.9. The fourth-order valence-corrected chi connectivity index (χ4v) is 1.81. The summed E-state index contributed by atoms with van der Waals surface area (Å²) in [7, 11) is 0. The van der Waals surface area contributed by atoms with E-state index < -0.39 is 11.9 Å². The second-order valence-electron chi connectivity index (χ2n) is 4.57. The monoisotopic (exact) mass is 300 g/mol. The normalized spacial score (nSPS) is 10.0. The van der Waals surface area contributed by atoms with E-state index in [-0.39, 0.29) is 12.2 Å². The molecule has 0 saturated carbocycles. The van der Waals surface area contributed by atoms with Gasteiger partial charge in [-0.1, -0.05) is 30.3 Å². The number of hydrogen-bond donors (Lipinski definition) is 1. The highest BCUT2D eigenvalue weighted by atomic mass is 16.6. The van der Waals surface area contributed by atoms with Crippen molar-refractivity contribution in [3.8, 4) is 5.75 Å². The molecule has 5 heteroatoms. The minimum absolute atomic E-state index is 0.165. The molecule has 0 amide bonds. The van der Waals surface area contributed by atoms with Crippen molar-refractivity contribution >= 4 is 11.9 Å². The number of carboxylic acids is 1. The van der Waals surface area contributed by atoms with Crippen LogP contribution in [0.25, 0.3) is 0 Å². The predicted molar refractivity (Wildman–Crippen MR) is 80.0 cm³/mol. The van der Waals surface area contributed by atoms with Gasteiger partial charge < -0.3 is 14.6 Å². The Hall–Kier alpha value is -2.82. The molecule has 0 aliphatic heterocycles. The second kappa shape index (κ2) is 7.83. The molecule has 2 aromatic rings. The van der Waals surface area contributed by atoms with Crippen LogP contribution in [0.4, 0.5) is 0 Å². The molecule has 0 aliphatic rings. The molecule has 1 N–H and O–H groups in total. The molecule has 0 aromatic heterocycles. The van der Waals surface area contributed by atoms with Gasteiger partial charge in [-0.3, -0.25) is 0 Å². The van der Waals surface area contributed by atoms with Gasteiger partial charge in [0.15, 0.2) is 6.61 Å². The first-order valence-corrected chi connectivity index (χ1v) is 6.81. The van der Waals surface area contributed by atoms with Gasteiger partial charge in [0, 0.05) is 6.42 Å². The van der Waals surface area contributed by atoms with Crippen LogP contribution in [0.1, 0.15) is 15.9 Å². The molecule has 0 aliphatic carbocycles. The molecular weight excluding hydrogens is 284 g/mol. The van der Waals surface area contributed by atoms with Gasteiger partial charge in [-0.2, -0.15) is 0 Å². The first kappa shape index (κ1) is 15.6. The van der Waals surface area contributed by atoms with E-state index in [9.17, 15) is 9.59 Å². The summed E-state index contributed by atoms with van der Waals surface area (Å²) in [5.74, 6) is -1.05. The lowest BCUT2D eigenvalue weighted by atomic mass is 10.2. The fraction of sp³-hybridized carbons (Fsp3) is 0.176. The van der Waals surface area contributed by atoms with Crippen LogP contribution in [0.15, 0.2) is 54.6 Å². The molecule has 0 spiro atoms. The first-order chi connectivity index (χ1) is 10.6. The van der Waals surface area contributed by atoms with E-state index in [0.29, 0.717) is 18.8 Å². The average molecular weight is 300 g/mol. The molecule has 22 heavy (non-hydrogen) atoms. The summed E-state index contributed by atoms with van der Waals surface area (Å²) in [4.78, 5) is 22.2. The smallest absolute Gasteiger partial charge is 0.344 e. The van der Waals surface area contributed by atoms with Crippen LogP contribution in [-0.2, 0) is 16.0 Å². The number of ether oxygens (including phenoxy) is 2. The minimum atomic E-state index is -1.01. The van der Waals surface area contributed by atoms with E-state index in [2.05, 4.69) is 0 Å².